The van der Waals surface area contributed by atoms with Crippen LogP contribution >= 0.6 is 0 Å². The minimum Gasteiger partial charge on any atom is -0.371 e. The molecule has 4 rings (SSSR count). The van der Waals surface area contributed by atoms with Gasteiger partial charge in [0.2, 0.25) is 5.91 Å². The largest absolute Gasteiger partial charge is 0.371 e. The highest BCUT2D eigenvalue weighted by Gasteiger charge is 2.19. The number of anilines is 1. The van der Waals surface area contributed by atoms with E-state index in [0.29, 0.717) is 30.6 Å². The van der Waals surface area contributed by atoms with Crippen LogP contribution in [0.25, 0.3) is 5.65 Å². The first-order valence-corrected chi connectivity index (χ1v) is 11.3. The first-order valence-electron chi connectivity index (χ1n) is 11.3. The SMILES string of the molecule is Cc1nc2c(C#N)cnn2c(C)c1CCC(=O)N(C)Cc1ccccc1N1CCCCC1. The number of carbonyl (C=O) groups excluding carboxylic acids is 1. The number of nitrogens with zero attached hydrogens (tertiary/aromatic N) is 6. The van der Waals surface area contributed by atoms with E-state index in [1.807, 2.05) is 31.9 Å². The van der Waals surface area contributed by atoms with Crippen molar-refractivity contribution in [1.29, 1.82) is 5.26 Å². The van der Waals surface area contributed by atoms with Crippen molar-refractivity contribution in [3.05, 3.63) is 58.5 Å². The highest BCUT2D eigenvalue weighted by Crippen LogP contribution is 2.25. The first kappa shape index (κ1) is 21.8. The van der Waals surface area contributed by atoms with E-state index in [9.17, 15) is 10.1 Å². The maximum Gasteiger partial charge on any atom is 0.222 e. The van der Waals surface area contributed by atoms with Crippen LogP contribution in [0.1, 0.15) is 53.8 Å². The van der Waals surface area contributed by atoms with Gasteiger partial charge in [-0.3, -0.25) is 4.79 Å². The Morgan fingerprint density at radius 1 is 1.19 bits per heavy atom. The molecule has 1 aromatic carbocycles. The topological polar surface area (TPSA) is 77.5 Å². The average Bonchev–Trinajstić information content (AvgIpc) is 3.22. The monoisotopic (exact) mass is 430 g/mol. The van der Waals surface area contributed by atoms with Gasteiger partial charge in [0.15, 0.2) is 5.65 Å². The number of fused-ring (bicyclic) bond motifs is 1. The van der Waals surface area contributed by atoms with Gasteiger partial charge < -0.3 is 9.80 Å². The average molecular weight is 431 g/mol. The highest BCUT2D eigenvalue weighted by atomic mass is 16.2. The van der Waals surface area contributed by atoms with Gasteiger partial charge in [0.05, 0.1) is 6.20 Å². The van der Waals surface area contributed by atoms with Crippen molar-refractivity contribution in [2.24, 2.45) is 0 Å². The fourth-order valence-electron chi connectivity index (χ4n) is 4.61. The molecular formula is C25H30N6O. The number of hydrogen-bond acceptors (Lipinski definition) is 5. The lowest BCUT2D eigenvalue weighted by molar-refractivity contribution is -0.130. The lowest BCUT2D eigenvalue weighted by atomic mass is 10.0. The van der Waals surface area contributed by atoms with Crippen LogP contribution in [0, 0.1) is 25.2 Å². The molecule has 3 aromatic rings. The molecule has 2 aromatic heterocycles. The van der Waals surface area contributed by atoms with E-state index in [0.717, 1.165) is 30.0 Å². The third kappa shape index (κ3) is 4.31. The summed E-state index contributed by atoms with van der Waals surface area (Å²) in [6, 6.07) is 10.6. The molecule has 1 aliphatic heterocycles. The molecular weight excluding hydrogens is 400 g/mol. The molecule has 0 atom stereocenters. The Labute approximate surface area is 189 Å². The molecule has 166 valence electrons. The number of hydrogen-bond donors (Lipinski definition) is 0. The Morgan fingerprint density at radius 2 is 1.94 bits per heavy atom. The summed E-state index contributed by atoms with van der Waals surface area (Å²) in [5.41, 5.74) is 6.27. The fourth-order valence-corrected chi connectivity index (χ4v) is 4.61. The van der Waals surface area contributed by atoms with Crippen LogP contribution in [-0.4, -0.2) is 45.5 Å². The summed E-state index contributed by atoms with van der Waals surface area (Å²) in [5, 5.41) is 13.5. The van der Waals surface area contributed by atoms with Crippen LogP contribution in [-0.2, 0) is 17.8 Å². The standard InChI is InChI=1S/C25H30N6O/c1-18-22(19(2)31-25(28-18)21(15-26)16-27-31)11-12-24(32)29(3)17-20-9-5-6-10-23(20)30-13-7-4-8-14-30/h5-6,9-10,16H,4,7-8,11-14,17H2,1-3H3. The quantitative estimate of drug-likeness (QED) is 0.594. The second kappa shape index (κ2) is 9.39. The van der Waals surface area contributed by atoms with E-state index in [1.54, 1.807) is 4.52 Å². The van der Waals surface area contributed by atoms with Crippen molar-refractivity contribution in [2.45, 2.75) is 52.5 Å². The molecule has 0 saturated carbocycles. The van der Waals surface area contributed by atoms with E-state index in [4.69, 9.17) is 0 Å². The van der Waals surface area contributed by atoms with E-state index in [2.05, 4.69) is 39.3 Å². The Kier molecular flexibility index (Phi) is 6.40. The van der Waals surface area contributed by atoms with E-state index >= 15 is 0 Å². The molecule has 0 N–H and O–H groups in total. The predicted molar refractivity (Wildman–Crippen MR) is 124 cm³/mol. The van der Waals surface area contributed by atoms with Crippen LogP contribution in [0.15, 0.2) is 30.5 Å². The highest BCUT2D eigenvalue weighted by molar-refractivity contribution is 5.76. The predicted octanol–water partition coefficient (Wildman–Crippen LogP) is 3.80. The zero-order valence-electron chi connectivity index (χ0n) is 19.1. The zero-order valence-corrected chi connectivity index (χ0v) is 19.1. The Balaban J connectivity index is 1.45. The van der Waals surface area contributed by atoms with Gasteiger partial charge in [0, 0.05) is 50.2 Å². The van der Waals surface area contributed by atoms with E-state index in [1.165, 1.54) is 36.7 Å². The van der Waals surface area contributed by atoms with Crippen molar-refractivity contribution in [1.82, 2.24) is 19.5 Å². The van der Waals surface area contributed by atoms with Gasteiger partial charge in [-0.1, -0.05) is 18.2 Å². The molecule has 7 heteroatoms. The number of piperidine rings is 1. The lowest BCUT2D eigenvalue weighted by Gasteiger charge is -2.31. The number of aromatic nitrogens is 3. The normalized spacial score (nSPS) is 13.9. The van der Waals surface area contributed by atoms with Crippen LogP contribution in [0.3, 0.4) is 0 Å². The molecule has 3 heterocycles. The van der Waals surface area contributed by atoms with Crippen molar-refractivity contribution in [2.75, 3.05) is 25.0 Å². The number of nitriles is 1. The number of benzene rings is 1. The Hall–Kier alpha value is -3.40. The molecule has 1 amide bonds. The maximum absolute atomic E-state index is 13.0. The van der Waals surface area contributed by atoms with Crippen molar-refractivity contribution in [3.63, 3.8) is 0 Å². The third-order valence-electron chi connectivity index (χ3n) is 6.44. The van der Waals surface area contributed by atoms with Gasteiger partial charge in [0.25, 0.3) is 0 Å². The lowest BCUT2D eigenvalue weighted by Crippen LogP contribution is -2.32. The van der Waals surface area contributed by atoms with Gasteiger partial charge in [-0.15, -0.1) is 0 Å². The van der Waals surface area contributed by atoms with Gasteiger partial charge in [-0.2, -0.15) is 10.4 Å². The molecule has 1 fully saturated rings. The minimum atomic E-state index is 0.107. The van der Waals surface area contributed by atoms with Crippen LogP contribution in [0.2, 0.25) is 0 Å². The Bertz CT molecular complexity index is 1170. The molecule has 7 nitrogen and oxygen atoms in total. The molecule has 1 saturated heterocycles. The number of carbonyl (C=O) groups is 1. The summed E-state index contributed by atoms with van der Waals surface area (Å²) in [6.45, 7) is 6.67. The maximum atomic E-state index is 13.0. The second-order valence-electron chi connectivity index (χ2n) is 8.59. The van der Waals surface area contributed by atoms with Crippen LogP contribution in [0.4, 0.5) is 5.69 Å². The molecule has 0 unspecified atom stereocenters. The number of rotatable bonds is 6. The third-order valence-corrected chi connectivity index (χ3v) is 6.44. The molecule has 0 radical (unpaired) electrons. The molecule has 32 heavy (non-hydrogen) atoms. The van der Waals surface area contributed by atoms with Crippen molar-refractivity contribution < 1.29 is 4.79 Å². The summed E-state index contributed by atoms with van der Waals surface area (Å²) < 4.78 is 1.70. The smallest absolute Gasteiger partial charge is 0.222 e. The van der Waals surface area contributed by atoms with Gasteiger partial charge >= 0.3 is 0 Å². The summed E-state index contributed by atoms with van der Waals surface area (Å²) in [5.74, 6) is 0.107. The van der Waals surface area contributed by atoms with E-state index < -0.39 is 0 Å². The van der Waals surface area contributed by atoms with Crippen molar-refractivity contribution >= 4 is 17.2 Å². The van der Waals surface area contributed by atoms with Crippen LogP contribution < -0.4 is 4.90 Å². The summed E-state index contributed by atoms with van der Waals surface area (Å²) >= 11 is 0. The van der Waals surface area contributed by atoms with Crippen molar-refractivity contribution in [3.8, 4) is 6.07 Å². The zero-order chi connectivity index (χ0) is 22.7. The van der Waals surface area contributed by atoms with Gasteiger partial charge in [0.1, 0.15) is 11.6 Å². The first-order chi connectivity index (χ1) is 15.5. The summed E-state index contributed by atoms with van der Waals surface area (Å²) in [7, 11) is 1.88. The van der Waals surface area contributed by atoms with Gasteiger partial charge in [-0.05, 0) is 56.7 Å². The molecule has 0 spiro atoms. The number of aryl methyl sites for hydroxylation is 2. The van der Waals surface area contributed by atoms with Crippen LogP contribution in [0.5, 0.6) is 0 Å². The number of amides is 1. The molecule has 0 aliphatic carbocycles. The summed E-state index contributed by atoms with van der Waals surface area (Å²) in [4.78, 5) is 21.8. The summed E-state index contributed by atoms with van der Waals surface area (Å²) in [6.07, 6.45) is 6.30. The number of para-hydroxylation sites is 1. The second-order valence-corrected chi connectivity index (χ2v) is 8.59. The van der Waals surface area contributed by atoms with E-state index in [-0.39, 0.29) is 5.91 Å². The minimum absolute atomic E-state index is 0.107. The van der Waals surface area contributed by atoms with Gasteiger partial charge in [-0.25, -0.2) is 9.50 Å². The molecule has 1 aliphatic rings. The Morgan fingerprint density at radius 3 is 2.69 bits per heavy atom. The fraction of sp³-hybridized carbons (Fsp3) is 0.440. The molecule has 0 bridgehead atoms.